The van der Waals surface area contributed by atoms with Crippen molar-refractivity contribution in [2.75, 3.05) is 32.9 Å². The Morgan fingerprint density at radius 1 is 0.661 bits per heavy atom. The Balaban J connectivity index is 1.17. The van der Waals surface area contributed by atoms with Crippen LogP contribution >= 0.6 is 0 Å². The van der Waals surface area contributed by atoms with E-state index in [1.807, 2.05) is 92.7 Å². The summed E-state index contributed by atoms with van der Waals surface area (Å²) < 4.78 is 18.0. The first-order valence-corrected chi connectivity index (χ1v) is 19.7. The molecule has 0 aromatic heterocycles. The fourth-order valence-corrected chi connectivity index (χ4v) is 7.98. The lowest BCUT2D eigenvalue weighted by molar-refractivity contribution is -0.160. The second kappa shape index (κ2) is 18.7. The molecule has 56 heavy (non-hydrogen) atoms. The molecular formula is C49H50N2O5. The summed E-state index contributed by atoms with van der Waals surface area (Å²) in [6.07, 6.45) is -0.336. The predicted octanol–water partition coefficient (Wildman–Crippen LogP) is 9.74. The van der Waals surface area contributed by atoms with Crippen molar-refractivity contribution in [2.24, 2.45) is 0 Å². The summed E-state index contributed by atoms with van der Waals surface area (Å²) >= 11 is 0. The maximum Gasteiger partial charge on any atom is 0.407 e. The number of carbonyl (C=O) groups is 2. The molecule has 7 rings (SSSR count). The molecule has 2 amide bonds. The molecule has 0 fully saturated rings. The van der Waals surface area contributed by atoms with Gasteiger partial charge in [0.05, 0.1) is 6.54 Å². The molecule has 6 aromatic rings. The first kappa shape index (κ1) is 38.5. The van der Waals surface area contributed by atoms with Crippen LogP contribution in [0.25, 0.3) is 21.9 Å². The zero-order valence-corrected chi connectivity index (χ0v) is 32.2. The molecule has 0 saturated heterocycles. The van der Waals surface area contributed by atoms with E-state index in [1.165, 1.54) is 11.1 Å². The molecule has 0 heterocycles. The van der Waals surface area contributed by atoms with Gasteiger partial charge in [-0.05, 0) is 70.0 Å². The highest BCUT2D eigenvalue weighted by Crippen LogP contribution is 2.44. The lowest BCUT2D eigenvalue weighted by Crippen LogP contribution is -2.52. The number of hydrogen-bond donors (Lipinski definition) is 1. The highest BCUT2D eigenvalue weighted by molar-refractivity contribution is 5.87. The standard InChI is InChI=1S/C49H50N2O5/c1-3-54-47(55-4-2)33-51(30-29-40(37-18-7-5-8-19-37)38-20-9-6-10-21-38)48(52)46(32-35-27-28-36-17-11-12-22-39(36)31-35)50-49(53)56-34-45-43-25-15-13-23-41(43)42-24-14-16-26-44(42)45/h5-28,31,40,45-47H,3-4,29-30,32-34H2,1-2H3,(H,50,53)/t46-/m0/s1. The van der Waals surface area contributed by atoms with Gasteiger partial charge in [0.1, 0.15) is 12.6 Å². The van der Waals surface area contributed by atoms with Crippen LogP contribution < -0.4 is 5.32 Å². The molecule has 0 aliphatic heterocycles. The fourth-order valence-electron chi connectivity index (χ4n) is 7.98. The van der Waals surface area contributed by atoms with Crippen LogP contribution in [-0.2, 0) is 25.4 Å². The summed E-state index contributed by atoms with van der Waals surface area (Å²) in [4.78, 5) is 30.7. The topological polar surface area (TPSA) is 77.1 Å². The molecule has 1 atom stereocenters. The summed E-state index contributed by atoms with van der Waals surface area (Å²) in [7, 11) is 0. The number of rotatable bonds is 17. The Labute approximate surface area is 330 Å². The van der Waals surface area contributed by atoms with Crippen LogP contribution in [0.4, 0.5) is 4.79 Å². The third kappa shape index (κ3) is 9.19. The van der Waals surface area contributed by atoms with E-state index < -0.39 is 18.4 Å². The highest BCUT2D eigenvalue weighted by Gasteiger charge is 2.32. The van der Waals surface area contributed by atoms with Crippen molar-refractivity contribution in [1.82, 2.24) is 10.2 Å². The summed E-state index contributed by atoms with van der Waals surface area (Å²) in [5.74, 6) is -0.291. The van der Waals surface area contributed by atoms with Crippen LogP contribution in [0, 0.1) is 0 Å². The number of ether oxygens (including phenoxy) is 3. The van der Waals surface area contributed by atoms with Crippen molar-refractivity contribution in [3.63, 3.8) is 0 Å². The zero-order valence-electron chi connectivity index (χ0n) is 32.2. The predicted molar refractivity (Wildman–Crippen MR) is 223 cm³/mol. The largest absolute Gasteiger partial charge is 0.449 e. The normalized spacial score (nSPS) is 12.7. The molecule has 1 aliphatic carbocycles. The van der Waals surface area contributed by atoms with Gasteiger partial charge in [0, 0.05) is 38.0 Å². The Hall–Kier alpha value is -5.76. The van der Waals surface area contributed by atoms with E-state index in [0.717, 1.165) is 38.6 Å². The number of nitrogens with zero attached hydrogens (tertiary/aromatic N) is 1. The smallest absolute Gasteiger partial charge is 0.407 e. The average Bonchev–Trinajstić information content (AvgIpc) is 3.56. The first-order chi connectivity index (χ1) is 27.5. The second-order valence-corrected chi connectivity index (χ2v) is 14.2. The van der Waals surface area contributed by atoms with Crippen LogP contribution in [-0.4, -0.2) is 62.1 Å². The Morgan fingerprint density at radius 3 is 1.82 bits per heavy atom. The third-order valence-electron chi connectivity index (χ3n) is 10.7. The minimum absolute atomic E-state index is 0.0411. The van der Waals surface area contributed by atoms with Crippen molar-refractivity contribution < 1.29 is 23.8 Å². The lowest BCUT2D eigenvalue weighted by atomic mass is 9.88. The van der Waals surface area contributed by atoms with E-state index >= 15 is 4.79 Å². The maximum absolute atomic E-state index is 15.0. The summed E-state index contributed by atoms with van der Waals surface area (Å²) in [5, 5.41) is 5.19. The monoisotopic (exact) mass is 746 g/mol. The number of nitrogens with one attached hydrogen (secondary N) is 1. The van der Waals surface area contributed by atoms with E-state index in [1.54, 1.807) is 4.90 Å². The average molecular weight is 747 g/mol. The zero-order chi connectivity index (χ0) is 38.7. The highest BCUT2D eigenvalue weighted by atomic mass is 16.7. The molecule has 0 unspecified atom stereocenters. The van der Waals surface area contributed by atoms with Gasteiger partial charge in [-0.15, -0.1) is 0 Å². The Bertz CT molecular complexity index is 2120. The molecule has 7 nitrogen and oxygen atoms in total. The quantitative estimate of drug-likeness (QED) is 0.0941. The maximum atomic E-state index is 15.0. The van der Waals surface area contributed by atoms with Crippen LogP contribution in [0.2, 0.25) is 0 Å². The third-order valence-corrected chi connectivity index (χ3v) is 10.7. The molecule has 1 N–H and O–H groups in total. The van der Waals surface area contributed by atoms with Crippen molar-refractivity contribution in [2.45, 2.75) is 50.9 Å². The molecule has 0 radical (unpaired) electrons. The van der Waals surface area contributed by atoms with Gasteiger partial charge in [0.2, 0.25) is 5.91 Å². The van der Waals surface area contributed by atoms with E-state index in [9.17, 15) is 4.79 Å². The number of alkyl carbamates (subject to hydrolysis) is 1. The van der Waals surface area contributed by atoms with Crippen LogP contribution in [0.1, 0.15) is 59.9 Å². The number of hydrogen-bond acceptors (Lipinski definition) is 5. The van der Waals surface area contributed by atoms with Gasteiger partial charge in [-0.1, -0.05) is 152 Å². The number of amides is 2. The summed E-state index contributed by atoms with van der Waals surface area (Å²) in [6, 6.07) is 50.7. The SMILES string of the molecule is CCOC(CN(CCC(c1ccccc1)c1ccccc1)C(=O)[C@H](Cc1ccc2ccccc2c1)NC(=O)OCC1c2ccccc2-c2ccccc21)OCC. The Morgan fingerprint density at radius 2 is 1.21 bits per heavy atom. The number of carbonyl (C=O) groups excluding carboxylic acids is 2. The number of benzene rings is 6. The van der Waals surface area contributed by atoms with Crippen LogP contribution in [0.3, 0.4) is 0 Å². The van der Waals surface area contributed by atoms with E-state index in [4.69, 9.17) is 14.2 Å². The van der Waals surface area contributed by atoms with Crippen molar-refractivity contribution >= 4 is 22.8 Å². The minimum atomic E-state index is -0.914. The molecule has 0 bridgehead atoms. The molecule has 0 saturated carbocycles. The molecule has 1 aliphatic rings. The second-order valence-electron chi connectivity index (χ2n) is 14.2. The number of fused-ring (bicyclic) bond motifs is 4. The van der Waals surface area contributed by atoms with Gasteiger partial charge in [0.15, 0.2) is 6.29 Å². The van der Waals surface area contributed by atoms with Crippen molar-refractivity contribution in [3.05, 3.63) is 179 Å². The molecule has 286 valence electrons. The summed E-state index contributed by atoms with van der Waals surface area (Å²) in [5.41, 5.74) is 7.82. The minimum Gasteiger partial charge on any atom is -0.449 e. The van der Waals surface area contributed by atoms with Gasteiger partial charge >= 0.3 is 6.09 Å². The lowest BCUT2D eigenvalue weighted by Gasteiger charge is -2.32. The molecule has 6 aromatic carbocycles. The van der Waals surface area contributed by atoms with Crippen molar-refractivity contribution in [1.29, 1.82) is 0 Å². The molecule has 7 heteroatoms. The molecule has 0 spiro atoms. The van der Waals surface area contributed by atoms with Gasteiger partial charge in [0.25, 0.3) is 0 Å². The van der Waals surface area contributed by atoms with E-state index in [0.29, 0.717) is 26.2 Å². The van der Waals surface area contributed by atoms with E-state index in [-0.39, 0.29) is 37.3 Å². The fraction of sp³-hybridized carbons (Fsp3) is 0.265. The molecular weight excluding hydrogens is 697 g/mol. The van der Waals surface area contributed by atoms with Gasteiger partial charge in [-0.2, -0.15) is 0 Å². The van der Waals surface area contributed by atoms with E-state index in [2.05, 4.69) is 78.1 Å². The van der Waals surface area contributed by atoms with Crippen molar-refractivity contribution in [3.8, 4) is 11.1 Å². The first-order valence-electron chi connectivity index (χ1n) is 19.7. The van der Waals surface area contributed by atoms with Gasteiger partial charge < -0.3 is 24.4 Å². The summed E-state index contributed by atoms with van der Waals surface area (Å²) in [6.45, 7) is 5.46. The van der Waals surface area contributed by atoms with Gasteiger partial charge in [-0.3, -0.25) is 4.79 Å². The van der Waals surface area contributed by atoms with Crippen LogP contribution in [0.5, 0.6) is 0 Å². The van der Waals surface area contributed by atoms with Crippen LogP contribution in [0.15, 0.2) is 152 Å². The Kier molecular flexibility index (Phi) is 12.9. The van der Waals surface area contributed by atoms with Gasteiger partial charge in [-0.25, -0.2) is 4.79 Å².